The molecule has 2 N–H and O–H groups in total. The highest BCUT2D eigenvalue weighted by Gasteiger charge is 2.47. The van der Waals surface area contributed by atoms with E-state index in [-0.39, 0.29) is 12.1 Å². The second kappa shape index (κ2) is 9.11. The van der Waals surface area contributed by atoms with Crippen LogP contribution in [0.3, 0.4) is 0 Å². The fraction of sp³-hybridized carbons (Fsp3) is 0.889. The first-order chi connectivity index (χ1) is 9.59. The van der Waals surface area contributed by atoms with Crippen LogP contribution in [0.1, 0.15) is 68.2 Å². The maximum Gasteiger partial charge on any atom is 0.200 e. The molecule has 2 atom stereocenters. The predicted octanol–water partition coefficient (Wildman–Crippen LogP) is 5.50. The fourth-order valence-corrected chi connectivity index (χ4v) is 9.45. The SMILES string of the molecule is C=CC[C@@H](O[Si](C(C)C)(C(C)C)C(C)C)[C@@H](N)CC(C)C. The first kappa shape index (κ1) is 20.9. The van der Waals surface area contributed by atoms with Crippen LogP contribution in [0.4, 0.5) is 0 Å². The summed E-state index contributed by atoms with van der Waals surface area (Å²) in [5, 5.41) is 0. The Bertz CT molecular complexity index is 278. The van der Waals surface area contributed by atoms with Crippen LogP contribution in [0.5, 0.6) is 0 Å². The van der Waals surface area contributed by atoms with Crippen molar-refractivity contribution in [2.24, 2.45) is 11.7 Å². The third-order valence-corrected chi connectivity index (χ3v) is 10.8. The average Bonchev–Trinajstić information content (AvgIpc) is 2.31. The van der Waals surface area contributed by atoms with Gasteiger partial charge in [-0.1, -0.05) is 61.5 Å². The maximum atomic E-state index is 6.87. The van der Waals surface area contributed by atoms with Gasteiger partial charge in [0.15, 0.2) is 0 Å². The first-order valence-corrected chi connectivity index (χ1v) is 10.8. The van der Waals surface area contributed by atoms with Crippen LogP contribution < -0.4 is 5.73 Å². The molecule has 3 heteroatoms. The minimum Gasteiger partial charge on any atom is -0.411 e. The summed E-state index contributed by atoms with van der Waals surface area (Å²) in [6.45, 7) is 22.3. The van der Waals surface area contributed by atoms with Gasteiger partial charge in [-0.05, 0) is 35.4 Å². The van der Waals surface area contributed by atoms with Crippen molar-refractivity contribution in [3.05, 3.63) is 12.7 Å². The molecule has 0 aliphatic heterocycles. The van der Waals surface area contributed by atoms with E-state index < -0.39 is 8.32 Å². The monoisotopic (exact) mass is 313 g/mol. The second-order valence-corrected chi connectivity index (χ2v) is 13.2. The largest absolute Gasteiger partial charge is 0.411 e. The first-order valence-electron chi connectivity index (χ1n) is 8.63. The van der Waals surface area contributed by atoms with Crippen LogP contribution in [0.25, 0.3) is 0 Å². The summed E-state index contributed by atoms with van der Waals surface area (Å²) in [5.41, 5.74) is 8.24. The lowest BCUT2D eigenvalue weighted by Gasteiger charge is -2.45. The van der Waals surface area contributed by atoms with Crippen LogP contribution in [0.15, 0.2) is 12.7 Å². The van der Waals surface area contributed by atoms with Crippen molar-refractivity contribution in [3.8, 4) is 0 Å². The third kappa shape index (κ3) is 5.54. The molecule has 0 aromatic rings. The van der Waals surface area contributed by atoms with Crippen LogP contribution >= 0.6 is 0 Å². The fourth-order valence-electron chi connectivity index (χ4n) is 3.84. The van der Waals surface area contributed by atoms with Gasteiger partial charge in [0.1, 0.15) is 0 Å². The van der Waals surface area contributed by atoms with E-state index in [0.717, 1.165) is 12.8 Å². The maximum absolute atomic E-state index is 6.87. The molecule has 21 heavy (non-hydrogen) atoms. The van der Waals surface area contributed by atoms with Crippen LogP contribution in [-0.4, -0.2) is 20.5 Å². The van der Waals surface area contributed by atoms with Gasteiger partial charge in [-0.3, -0.25) is 0 Å². The van der Waals surface area contributed by atoms with Crippen molar-refractivity contribution in [1.29, 1.82) is 0 Å². The Balaban J connectivity index is 5.36. The summed E-state index contributed by atoms with van der Waals surface area (Å²) in [7, 11) is -1.87. The topological polar surface area (TPSA) is 35.2 Å². The van der Waals surface area contributed by atoms with Crippen molar-refractivity contribution < 1.29 is 4.43 Å². The Morgan fingerprint density at radius 1 is 0.952 bits per heavy atom. The quantitative estimate of drug-likeness (QED) is 0.427. The van der Waals surface area contributed by atoms with E-state index in [4.69, 9.17) is 10.2 Å². The zero-order valence-corrected chi connectivity index (χ0v) is 16.6. The van der Waals surface area contributed by atoms with Crippen molar-refractivity contribution in [3.63, 3.8) is 0 Å². The zero-order valence-electron chi connectivity index (χ0n) is 15.6. The van der Waals surface area contributed by atoms with Crippen molar-refractivity contribution in [2.45, 2.75) is 97.0 Å². The molecule has 0 aromatic heterocycles. The van der Waals surface area contributed by atoms with Gasteiger partial charge in [0.05, 0.1) is 6.10 Å². The minimum absolute atomic E-state index is 0.103. The smallest absolute Gasteiger partial charge is 0.200 e. The average molecular weight is 314 g/mol. The highest BCUT2D eigenvalue weighted by Crippen LogP contribution is 2.43. The van der Waals surface area contributed by atoms with E-state index in [1.54, 1.807) is 0 Å². The van der Waals surface area contributed by atoms with Gasteiger partial charge in [0.25, 0.3) is 0 Å². The van der Waals surface area contributed by atoms with Gasteiger partial charge < -0.3 is 10.2 Å². The Hall–Kier alpha value is -0.123. The number of hydrogen-bond donors (Lipinski definition) is 1. The zero-order chi connectivity index (χ0) is 16.8. The normalized spacial score (nSPS) is 16.0. The molecule has 0 amide bonds. The Labute approximate surface area is 134 Å². The predicted molar refractivity (Wildman–Crippen MR) is 98.2 cm³/mol. The van der Waals surface area contributed by atoms with Crippen molar-refractivity contribution in [2.75, 3.05) is 0 Å². The number of rotatable bonds is 10. The van der Waals surface area contributed by atoms with E-state index >= 15 is 0 Å². The number of hydrogen-bond acceptors (Lipinski definition) is 2. The van der Waals surface area contributed by atoms with E-state index in [1.165, 1.54) is 0 Å². The van der Waals surface area contributed by atoms with E-state index in [9.17, 15) is 0 Å². The van der Waals surface area contributed by atoms with Gasteiger partial charge >= 0.3 is 0 Å². The molecule has 0 aromatic carbocycles. The summed E-state index contributed by atoms with van der Waals surface area (Å²) >= 11 is 0. The molecule has 0 unspecified atom stereocenters. The van der Waals surface area contributed by atoms with Crippen molar-refractivity contribution >= 4 is 8.32 Å². The third-order valence-electron chi connectivity index (χ3n) is 4.68. The van der Waals surface area contributed by atoms with Gasteiger partial charge in [0, 0.05) is 6.04 Å². The minimum atomic E-state index is -1.87. The van der Waals surface area contributed by atoms with E-state index in [2.05, 4.69) is 62.0 Å². The summed E-state index contributed by atoms with van der Waals surface area (Å²) < 4.78 is 6.87. The second-order valence-electron chi connectivity index (χ2n) is 7.79. The van der Waals surface area contributed by atoms with Gasteiger partial charge in [-0.25, -0.2) is 0 Å². The molecule has 0 saturated heterocycles. The highest BCUT2D eigenvalue weighted by atomic mass is 28.4. The van der Waals surface area contributed by atoms with Crippen molar-refractivity contribution in [1.82, 2.24) is 0 Å². The standard InChI is InChI=1S/C18H39NOSi/c1-10-11-18(17(19)12-13(2)3)20-21(14(4)5,15(6)7)16(8)9/h10,13-18H,1,11-12,19H2,2-9H3/t17-,18+/m0/s1. The summed E-state index contributed by atoms with van der Waals surface area (Å²) in [5.74, 6) is 0.601. The molecule has 0 radical (unpaired) electrons. The molecular weight excluding hydrogens is 274 g/mol. The summed E-state index contributed by atoms with van der Waals surface area (Å²) in [4.78, 5) is 0. The summed E-state index contributed by atoms with van der Waals surface area (Å²) in [6, 6.07) is 0.103. The lowest BCUT2D eigenvalue weighted by molar-refractivity contribution is 0.138. The Kier molecular flexibility index (Phi) is 9.06. The highest BCUT2D eigenvalue weighted by molar-refractivity contribution is 6.77. The Morgan fingerprint density at radius 3 is 1.67 bits per heavy atom. The lowest BCUT2D eigenvalue weighted by Crippen LogP contribution is -2.53. The molecule has 0 spiro atoms. The molecule has 0 rings (SSSR count). The van der Waals surface area contributed by atoms with Crippen LogP contribution in [0.2, 0.25) is 16.6 Å². The molecule has 126 valence electrons. The van der Waals surface area contributed by atoms with Gasteiger partial charge in [-0.2, -0.15) is 0 Å². The molecule has 0 heterocycles. The van der Waals surface area contributed by atoms with Crippen LogP contribution in [0, 0.1) is 5.92 Å². The molecule has 0 aliphatic rings. The van der Waals surface area contributed by atoms with Gasteiger partial charge in [-0.15, -0.1) is 6.58 Å². The Morgan fingerprint density at radius 2 is 1.38 bits per heavy atom. The number of nitrogens with two attached hydrogens (primary N) is 1. The molecule has 0 saturated carbocycles. The summed E-state index contributed by atoms with van der Waals surface area (Å²) in [6.07, 6.45) is 3.95. The van der Waals surface area contributed by atoms with Gasteiger partial charge in [0.2, 0.25) is 8.32 Å². The van der Waals surface area contributed by atoms with E-state index in [0.29, 0.717) is 22.5 Å². The molecule has 0 fully saturated rings. The molecular formula is C18H39NOSi. The molecule has 0 aliphatic carbocycles. The molecule has 0 bridgehead atoms. The lowest BCUT2D eigenvalue weighted by atomic mass is 9.98. The molecule has 2 nitrogen and oxygen atoms in total. The van der Waals surface area contributed by atoms with E-state index in [1.807, 2.05) is 6.08 Å². The van der Waals surface area contributed by atoms with Crippen LogP contribution in [-0.2, 0) is 4.43 Å².